The molecule has 0 saturated heterocycles. The quantitative estimate of drug-likeness (QED) is 0.289. The van der Waals surface area contributed by atoms with Gasteiger partial charge < -0.3 is 0 Å². The number of aryl methyl sites for hydroxylation is 1. The van der Waals surface area contributed by atoms with Crippen LogP contribution in [0.25, 0.3) is 0 Å². The predicted octanol–water partition coefficient (Wildman–Crippen LogP) is 9.00. The number of rotatable bonds is 7. The van der Waals surface area contributed by atoms with Crippen molar-refractivity contribution in [2.24, 2.45) is 17.8 Å². The smallest absolute Gasteiger partial charge is 0.127 e. The third-order valence-electron chi connectivity index (χ3n) is 8.10. The van der Waals surface area contributed by atoms with Gasteiger partial charge in [-0.05, 0) is 124 Å². The Morgan fingerprint density at radius 1 is 0.912 bits per heavy atom. The summed E-state index contributed by atoms with van der Waals surface area (Å²) in [5.74, 6) is 9.68. The van der Waals surface area contributed by atoms with Gasteiger partial charge in [-0.25, -0.2) is 4.39 Å². The Kier molecular flexibility index (Phi) is 8.81. The zero-order chi connectivity index (χ0) is 23.8. The average Bonchev–Trinajstić information content (AvgIpc) is 2.87. The van der Waals surface area contributed by atoms with Crippen LogP contribution in [-0.4, -0.2) is 0 Å². The van der Waals surface area contributed by atoms with E-state index in [0.717, 1.165) is 40.9 Å². The molecule has 4 atom stereocenters. The molecule has 0 amide bonds. The number of allylic oxidation sites excluding steroid dienone is 3. The fraction of sp³-hybridized carbons (Fsp3) is 0.455. The van der Waals surface area contributed by atoms with Crippen LogP contribution in [0.5, 0.6) is 0 Å². The second-order valence-electron chi connectivity index (χ2n) is 10.4. The lowest BCUT2D eigenvalue weighted by molar-refractivity contribution is 0.115. The SMILES string of the molecule is C=CCCc1ccc(C#Cc2ccc(C3CCC4CC(CC/C=C/C)CCC4C3)cc2)cc1F. The Balaban J connectivity index is 1.32. The van der Waals surface area contributed by atoms with Gasteiger partial charge in [0.05, 0.1) is 0 Å². The normalized spacial score (nSPS) is 24.3. The molecule has 0 aliphatic heterocycles. The van der Waals surface area contributed by atoms with Gasteiger partial charge in [-0.1, -0.05) is 54.7 Å². The molecule has 0 spiro atoms. The van der Waals surface area contributed by atoms with Crippen molar-refractivity contribution in [1.29, 1.82) is 0 Å². The van der Waals surface area contributed by atoms with Crippen molar-refractivity contribution in [2.45, 2.75) is 77.0 Å². The monoisotopic (exact) mass is 454 g/mol. The molecule has 2 aromatic rings. The van der Waals surface area contributed by atoms with Gasteiger partial charge in [0.15, 0.2) is 0 Å². The molecule has 0 nitrogen and oxygen atoms in total. The van der Waals surface area contributed by atoms with Crippen molar-refractivity contribution < 1.29 is 4.39 Å². The molecule has 178 valence electrons. The molecule has 2 aliphatic rings. The van der Waals surface area contributed by atoms with Crippen LogP contribution in [0.4, 0.5) is 4.39 Å². The summed E-state index contributed by atoms with van der Waals surface area (Å²) < 4.78 is 14.3. The number of hydrogen-bond acceptors (Lipinski definition) is 0. The van der Waals surface area contributed by atoms with Crippen LogP contribution in [0.1, 0.15) is 92.9 Å². The van der Waals surface area contributed by atoms with Crippen molar-refractivity contribution >= 4 is 0 Å². The van der Waals surface area contributed by atoms with Crippen molar-refractivity contribution in [2.75, 3.05) is 0 Å². The molecule has 1 heteroatoms. The fourth-order valence-electron chi connectivity index (χ4n) is 6.12. The molecule has 0 radical (unpaired) electrons. The Labute approximate surface area is 206 Å². The largest absolute Gasteiger partial charge is 0.207 e. The van der Waals surface area contributed by atoms with Gasteiger partial charge in [-0.3, -0.25) is 0 Å². The first-order valence-corrected chi connectivity index (χ1v) is 13.3. The summed E-state index contributed by atoms with van der Waals surface area (Å²) in [5, 5.41) is 0. The molecule has 2 aliphatic carbocycles. The molecule has 0 aromatic heterocycles. The molecule has 0 N–H and O–H groups in total. The van der Waals surface area contributed by atoms with E-state index >= 15 is 0 Å². The second kappa shape index (κ2) is 12.2. The van der Waals surface area contributed by atoms with Gasteiger partial charge in [0.2, 0.25) is 0 Å². The first kappa shape index (κ1) is 24.5. The highest BCUT2D eigenvalue weighted by molar-refractivity contribution is 5.44. The lowest BCUT2D eigenvalue weighted by atomic mass is 9.63. The minimum absolute atomic E-state index is 0.175. The van der Waals surface area contributed by atoms with Crippen LogP contribution in [0, 0.1) is 35.4 Å². The van der Waals surface area contributed by atoms with Gasteiger partial charge in [0.25, 0.3) is 0 Å². The van der Waals surface area contributed by atoms with Crippen molar-refractivity contribution in [3.05, 3.63) is 95.3 Å². The van der Waals surface area contributed by atoms with Gasteiger partial charge >= 0.3 is 0 Å². The van der Waals surface area contributed by atoms with Crippen LogP contribution in [-0.2, 0) is 6.42 Å². The molecule has 4 unspecified atom stereocenters. The van der Waals surface area contributed by atoms with Crippen LogP contribution in [0.2, 0.25) is 0 Å². The van der Waals surface area contributed by atoms with Crippen LogP contribution < -0.4 is 0 Å². The van der Waals surface area contributed by atoms with E-state index in [9.17, 15) is 4.39 Å². The average molecular weight is 455 g/mol. The van der Waals surface area contributed by atoms with Crippen molar-refractivity contribution in [1.82, 2.24) is 0 Å². The van der Waals surface area contributed by atoms with E-state index in [1.165, 1.54) is 56.9 Å². The Morgan fingerprint density at radius 3 is 2.41 bits per heavy atom. The summed E-state index contributed by atoms with van der Waals surface area (Å²) in [6.07, 6.45) is 18.8. The highest BCUT2D eigenvalue weighted by Gasteiger charge is 2.35. The predicted molar refractivity (Wildman–Crippen MR) is 142 cm³/mol. The van der Waals surface area contributed by atoms with Gasteiger partial charge in [-0.2, -0.15) is 0 Å². The van der Waals surface area contributed by atoms with Crippen molar-refractivity contribution in [3.8, 4) is 11.8 Å². The van der Waals surface area contributed by atoms with E-state index in [1.807, 2.05) is 18.2 Å². The summed E-state index contributed by atoms with van der Waals surface area (Å²) in [7, 11) is 0. The first-order chi connectivity index (χ1) is 16.7. The molecule has 2 saturated carbocycles. The highest BCUT2D eigenvalue weighted by Crippen LogP contribution is 2.48. The fourth-order valence-corrected chi connectivity index (χ4v) is 6.12. The number of benzene rings is 2. The molecule has 2 fully saturated rings. The first-order valence-electron chi connectivity index (χ1n) is 13.3. The molecule has 34 heavy (non-hydrogen) atoms. The van der Waals surface area contributed by atoms with Gasteiger partial charge in [0.1, 0.15) is 5.82 Å². The maximum absolute atomic E-state index is 14.3. The van der Waals surface area contributed by atoms with E-state index in [2.05, 4.69) is 61.8 Å². The second-order valence-corrected chi connectivity index (χ2v) is 10.4. The number of fused-ring (bicyclic) bond motifs is 1. The van der Waals surface area contributed by atoms with E-state index in [0.29, 0.717) is 12.3 Å². The Bertz CT molecular complexity index is 1030. The molecule has 4 rings (SSSR count). The van der Waals surface area contributed by atoms with Crippen LogP contribution in [0.15, 0.2) is 67.3 Å². The molecule has 0 heterocycles. The highest BCUT2D eigenvalue weighted by atomic mass is 19.1. The standard InChI is InChI=1S/C33H39F/c1-3-5-7-8-26-15-19-32-24-31(21-20-30(32)22-26)28-16-12-25(13-17-28)10-11-27-14-18-29(9-6-4-2)33(34)23-27/h3-5,12-14,16-18,23,26,30-32H,2,6-9,15,19-22,24H2,1H3/b5-3+. The number of halogens is 1. The topological polar surface area (TPSA) is 0 Å². The maximum atomic E-state index is 14.3. The maximum Gasteiger partial charge on any atom is 0.127 e. The lowest BCUT2D eigenvalue weighted by Crippen LogP contribution is -2.30. The van der Waals surface area contributed by atoms with Crippen molar-refractivity contribution in [3.63, 3.8) is 0 Å². The van der Waals surface area contributed by atoms with E-state index in [4.69, 9.17) is 0 Å². The summed E-state index contributed by atoms with van der Waals surface area (Å²) in [4.78, 5) is 0. The van der Waals surface area contributed by atoms with Crippen LogP contribution >= 0.6 is 0 Å². The van der Waals surface area contributed by atoms with E-state index < -0.39 is 0 Å². The van der Waals surface area contributed by atoms with E-state index in [-0.39, 0.29) is 5.82 Å². The summed E-state index contributed by atoms with van der Waals surface area (Å²) >= 11 is 0. The van der Waals surface area contributed by atoms with Crippen LogP contribution in [0.3, 0.4) is 0 Å². The summed E-state index contributed by atoms with van der Waals surface area (Å²) in [6.45, 7) is 5.83. The Hall–Kier alpha value is -2.59. The number of hydrogen-bond donors (Lipinski definition) is 0. The van der Waals surface area contributed by atoms with E-state index in [1.54, 1.807) is 6.07 Å². The van der Waals surface area contributed by atoms with Gasteiger partial charge in [-0.15, -0.1) is 6.58 Å². The zero-order valence-electron chi connectivity index (χ0n) is 20.7. The third-order valence-corrected chi connectivity index (χ3v) is 8.10. The minimum atomic E-state index is -0.175. The summed E-state index contributed by atoms with van der Waals surface area (Å²) in [5.41, 5.74) is 3.92. The lowest BCUT2D eigenvalue weighted by Gasteiger charge is -2.42. The summed E-state index contributed by atoms with van der Waals surface area (Å²) in [6, 6.07) is 14.1. The molecular formula is C33H39F. The molecular weight excluding hydrogens is 415 g/mol. The molecule has 2 aromatic carbocycles. The third kappa shape index (κ3) is 6.50. The molecule has 0 bridgehead atoms. The zero-order valence-corrected chi connectivity index (χ0v) is 20.7. The van der Waals surface area contributed by atoms with Gasteiger partial charge in [0, 0.05) is 11.1 Å². The Morgan fingerprint density at radius 2 is 1.65 bits per heavy atom. The minimum Gasteiger partial charge on any atom is -0.207 e.